The Kier molecular flexibility index (Phi) is 6.20. The van der Waals surface area contributed by atoms with E-state index in [1.54, 1.807) is 30.5 Å². The Balaban J connectivity index is 1.74. The number of hydrogen-bond acceptors (Lipinski definition) is 2. The number of thiophene rings is 1. The predicted octanol–water partition coefficient (Wildman–Crippen LogP) is 3.56. The molecule has 0 radical (unpaired) electrons. The quantitative estimate of drug-likeness (QED) is 0.624. The molecule has 1 aromatic carbocycles. The first-order chi connectivity index (χ1) is 10.2. The Morgan fingerprint density at radius 2 is 1.95 bits per heavy atom. The number of nitrogens with one attached hydrogen (secondary N) is 2. The minimum atomic E-state index is -0.203. The number of guanidine groups is 1. The van der Waals surface area contributed by atoms with Gasteiger partial charge in [0.05, 0.1) is 10.3 Å². The molecule has 6 heteroatoms. The number of hydrogen-bond donors (Lipinski definition) is 2. The Bertz CT molecular complexity index is 595. The summed E-state index contributed by atoms with van der Waals surface area (Å²) in [5.41, 5.74) is 1.10. The molecule has 0 aliphatic rings. The van der Waals surface area contributed by atoms with E-state index in [4.69, 9.17) is 0 Å². The van der Waals surface area contributed by atoms with Gasteiger partial charge >= 0.3 is 0 Å². The molecule has 3 nitrogen and oxygen atoms in total. The molecule has 2 rings (SSSR count). The van der Waals surface area contributed by atoms with Gasteiger partial charge in [-0.2, -0.15) is 0 Å². The van der Waals surface area contributed by atoms with Gasteiger partial charge in [0.2, 0.25) is 0 Å². The molecule has 21 heavy (non-hydrogen) atoms. The van der Waals surface area contributed by atoms with Crippen molar-refractivity contribution in [1.82, 2.24) is 10.6 Å². The summed E-state index contributed by atoms with van der Waals surface area (Å²) in [4.78, 5) is 5.42. The van der Waals surface area contributed by atoms with Crippen LogP contribution in [0.3, 0.4) is 0 Å². The van der Waals surface area contributed by atoms with Crippen LogP contribution >= 0.6 is 27.3 Å². The summed E-state index contributed by atoms with van der Waals surface area (Å²) >= 11 is 5.15. The normalized spacial score (nSPS) is 11.5. The molecule has 0 aliphatic heterocycles. The van der Waals surface area contributed by atoms with Crippen LogP contribution in [0.1, 0.15) is 10.4 Å². The Morgan fingerprint density at radius 1 is 1.19 bits per heavy atom. The molecule has 0 bridgehead atoms. The lowest BCUT2D eigenvalue weighted by Gasteiger charge is -2.11. The average Bonchev–Trinajstić information content (AvgIpc) is 2.90. The number of rotatable bonds is 5. The van der Waals surface area contributed by atoms with Crippen LogP contribution in [0.2, 0.25) is 0 Å². The van der Waals surface area contributed by atoms with Gasteiger partial charge in [-0.3, -0.25) is 4.99 Å². The second kappa shape index (κ2) is 8.14. The average molecular weight is 370 g/mol. The van der Waals surface area contributed by atoms with E-state index in [0.29, 0.717) is 0 Å². The first-order valence-electron chi connectivity index (χ1n) is 6.60. The molecule has 0 saturated carbocycles. The largest absolute Gasteiger partial charge is 0.356 e. The first-order valence-corrected chi connectivity index (χ1v) is 8.21. The van der Waals surface area contributed by atoms with Gasteiger partial charge in [-0.25, -0.2) is 4.39 Å². The lowest BCUT2D eigenvalue weighted by molar-refractivity contribution is 0.626. The van der Waals surface area contributed by atoms with E-state index in [9.17, 15) is 4.39 Å². The van der Waals surface area contributed by atoms with Gasteiger partial charge in [0.15, 0.2) is 5.96 Å². The van der Waals surface area contributed by atoms with Crippen molar-refractivity contribution >= 4 is 33.2 Å². The van der Waals surface area contributed by atoms with Crippen molar-refractivity contribution in [2.24, 2.45) is 4.99 Å². The van der Waals surface area contributed by atoms with Crippen molar-refractivity contribution < 1.29 is 4.39 Å². The molecule has 0 unspecified atom stereocenters. The van der Waals surface area contributed by atoms with Gasteiger partial charge in [0.25, 0.3) is 0 Å². The summed E-state index contributed by atoms with van der Waals surface area (Å²) in [6.07, 6.45) is 0.825. The van der Waals surface area contributed by atoms with Gasteiger partial charge in [0, 0.05) is 18.5 Å². The summed E-state index contributed by atoms with van der Waals surface area (Å²) in [5, 5.41) is 6.51. The van der Waals surface area contributed by atoms with E-state index in [0.717, 1.165) is 34.8 Å². The standard InChI is InChI=1S/C15H17BrFN3S/c1-18-15(20-10-13-6-7-14(16)21-13)19-9-8-11-2-4-12(17)5-3-11/h2-7H,8-10H2,1H3,(H2,18,19,20). The first kappa shape index (κ1) is 16.0. The van der Waals surface area contributed by atoms with Crippen molar-refractivity contribution in [3.63, 3.8) is 0 Å². The van der Waals surface area contributed by atoms with E-state index >= 15 is 0 Å². The molecule has 0 spiro atoms. The summed E-state index contributed by atoms with van der Waals surface area (Å²) < 4.78 is 13.9. The van der Waals surface area contributed by atoms with Crippen LogP contribution in [-0.4, -0.2) is 19.6 Å². The maximum absolute atomic E-state index is 12.8. The minimum Gasteiger partial charge on any atom is -0.356 e. The van der Waals surface area contributed by atoms with E-state index in [2.05, 4.69) is 37.6 Å². The van der Waals surface area contributed by atoms with Crippen molar-refractivity contribution in [3.05, 3.63) is 56.4 Å². The molecule has 0 saturated heterocycles. The van der Waals surface area contributed by atoms with Gasteiger partial charge in [-0.05, 0) is 52.2 Å². The monoisotopic (exact) mass is 369 g/mol. The van der Waals surface area contributed by atoms with Crippen LogP contribution < -0.4 is 10.6 Å². The van der Waals surface area contributed by atoms with Gasteiger partial charge in [-0.1, -0.05) is 12.1 Å². The third-order valence-electron chi connectivity index (χ3n) is 2.90. The third-order valence-corrected chi connectivity index (χ3v) is 4.53. The number of benzene rings is 1. The SMILES string of the molecule is CN=C(NCCc1ccc(F)cc1)NCc1ccc(Br)s1. The summed E-state index contributed by atoms with van der Waals surface area (Å²) in [5.74, 6) is 0.563. The summed E-state index contributed by atoms with van der Waals surface area (Å²) in [7, 11) is 1.75. The smallest absolute Gasteiger partial charge is 0.191 e. The second-order valence-electron chi connectivity index (χ2n) is 4.43. The zero-order valence-electron chi connectivity index (χ0n) is 11.7. The maximum Gasteiger partial charge on any atom is 0.191 e. The highest BCUT2D eigenvalue weighted by atomic mass is 79.9. The van der Waals surface area contributed by atoms with Crippen molar-refractivity contribution in [2.75, 3.05) is 13.6 Å². The fraction of sp³-hybridized carbons (Fsp3) is 0.267. The van der Waals surface area contributed by atoms with Crippen LogP contribution in [0.15, 0.2) is 45.2 Å². The maximum atomic E-state index is 12.8. The Morgan fingerprint density at radius 3 is 2.57 bits per heavy atom. The van der Waals surface area contributed by atoms with E-state index in [1.165, 1.54) is 17.0 Å². The molecular weight excluding hydrogens is 353 g/mol. The lowest BCUT2D eigenvalue weighted by Crippen LogP contribution is -2.37. The van der Waals surface area contributed by atoms with Crippen LogP contribution in [-0.2, 0) is 13.0 Å². The molecule has 1 aromatic heterocycles. The van der Waals surface area contributed by atoms with Crippen molar-refractivity contribution in [1.29, 1.82) is 0 Å². The molecule has 0 atom stereocenters. The van der Waals surface area contributed by atoms with E-state index < -0.39 is 0 Å². The molecule has 0 fully saturated rings. The topological polar surface area (TPSA) is 36.4 Å². The van der Waals surface area contributed by atoms with Crippen LogP contribution in [0.25, 0.3) is 0 Å². The molecular formula is C15H17BrFN3S. The fourth-order valence-electron chi connectivity index (χ4n) is 1.81. The minimum absolute atomic E-state index is 0.203. The van der Waals surface area contributed by atoms with E-state index in [-0.39, 0.29) is 5.82 Å². The Hall–Kier alpha value is -1.40. The number of aliphatic imine (C=N–C) groups is 1. The van der Waals surface area contributed by atoms with Crippen molar-refractivity contribution in [3.8, 4) is 0 Å². The zero-order valence-corrected chi connectivity index (χ0v) is 14.1. The van der Waals surface area contributed by atoms with Gasteiger partial charge in [-0.15, -0.1) is 11.3 Å². The van der Waals surface area contributed by atoms with E-state index in [1.807, 2.05) is 6.07 Å². The van der Waals surface area contributed by atoms with Crippen LogP contribution in [0, 0.1) is 5.82 Å². The number of halogens is 2. The van der Waals surface area contributed by atoms with Gasteiger partial charge in [0.1, 0.15) is 5.82 Å². The van der Waals surface area contributed by atoms with Crippen molar-refractivity contribution in [2.45, 2.75) is 13.0 Å². The molecule has 112 valence electrons. The predicted molar refractivity (Wildman–Crippen MR) is 90.3 cm³/mol. The lowest BCUT2D eigenvalue weighted by atomic mass is 10.1. The highest BCUT2D eigenvalue weighted by Crippen LogP contribution is 2.21. The molecule has 1 heterocycles. The van der Waals surface area contributed by atoms with Crippen LogP contribution in [0.5, 0.6) is 0 Å². The summed E-state index contributed by atoms with van der Waals surface area (Å²) in [6.45, 7) is 1.49. The Labute approximate surface area is 136 Å². The summed E-state index contributed by atoms with van der Waals surface area (Å²) in [6, 6.07) is 10.7. The molecule has 0 amide bonds. The number of nitrogens with zero attached hydrogens (tertiary/aromatic N) is 1. The highest BCUT2D eigenvalue weighted by molar-refractivity contribution is 9.11. The molecule has 2 N–H and O–H groups in total. The third kappa shape index (κ3) is 5.47. The van der Waals surface area contributed by atoms with Gasteiger partial charge < -0.3 is 10.6 Å². The fourth-order valence-corrected chi connectivity index (χ4v) is 3.24. The highest BCUT2D eigenvalue weighted by Gasteiger charge is 2.01. The second-order valence-corrected chi connectivity index (χ2v) is 6.98. The zero-order chi connectivity index (χ0) is 15.1. The molecule has 2 aromatic rings. The van der Waals surface area contributed by atoms with Crippen LogP contribution in [0.4, 0.5) is 4.39 Å². The molecule has 0 aliphatic carbocycles.